The Morgan fingerprint density at radius 3 is 2.16 bits per heavy atom. The van der Waals surface area contributed by atoms with Crippen molar-refractivity contribution in [3.05, 3.63) is 95.7 Å². The second-order valence-corrected chi connectivity index (χ2v) is 11.8. The summed E-state index contributed by atoms with van der Waals surface area (Å²) < 4.78 is 60.1. The van der Waals surface area contributed by atoms with Gasteiger partial charge < -0.3 is 19.9 Å². The number of halogens is 3. The number of carbonyl (C=O) groups excluding carboxylic acids is 3. The number of aromatic nitrogens is 1. The van der Waals surface area contributed by atoms with E-state index in [0.29, 0.717) is 16.3 Å². The van der Waals surface area contributed by atoms with Crippen LogP contribution in [0.25, 0.3) is 11.3 Å². The van der Waals surface area contributed by atoms with Crippen molar-refractivity contribution in [2.24, 2.45) is 0 Å². The highest BCUT2D eigenvalue weighted by Gasteiger charge is 2.35. The largest absolute Gasteiger partial charge is 0.457 e. The number of hydrogen-bond acceptors (Lipinski definition) is 6. The molecule has 0 aliphatic rings. The highest BCUT2D eigenvalue weighted by atomic mass is 32.2. The van der Waals surface area contributed by atoms with E-state index in [2.05, 4.69) is 10.6 Å². The molecule has 4 aromatic rings. The van der Waals surface area contributed by atoms with E-state index in [1.807, 2.05) is 6.26 Å². The molecule has 0 spiro atoms. The number of ether oxygens (including phenoxy) is 1. The Balaban J connectivity index is 1.57. The van der Waals surface area contributed by atoms with Gasteiger partial charge in [-0.25, -0.2) is 4.79 Å². The number of rotatable bonds is 9. The van der Waals surface area contributed by atoms with E-state index >= 15 is 0 Å². The number of thioether (sulfide) groups is 1. The molecule has 1 aromatic heterocycles. The van der Waals surface area contributed by atoms with Gasteiger partial charge >= 0.3 is 18.1 Å². The van der Waals surface area contributed by atoms with Crippen LogP contribution in [0.4, 0.5) is 24.5 Å². The summed E-state index contributed by atoms with van der Waals surface area (Å²) in [5.74, 6) is -2.76. The zero-order valence-corrected chi connectivity index (χ0v) is 25.5. The first kappa shape index (κ1) is 32.6. The van der Waals surface area contributed by atoms with Crippen LogP contribution in [0.5, 0.6) is 0 Å². The van der Waals surface area contributed by atoms with Gasteiger partial charge in [0.2, 0.25) is 0 Å². The molecule has 230 valence electrons. The predicted octanol–water partition coefficient (Wildman–Crippen LogP) is 6.38. The Morgan fingerprint density at radius 1 is 0.932 bits per heavy atom. The van der Waals surface area contributed by atoms with E-state index in [9.17, 15) is 31.8 Å². The molecule has 0 fully saturated rings. The first-order chi connectivity index (χ1) is 20.9. The maximum absolute atomic E-state index is 14.0. The summed E-state index contributed by atoms with van der Waals surface area (Å²) in [6, 6.07) is 18.1. The molecule has 1 heterocycles. The summed E-state index contributed by atoms with van der Waals surface area (Å²) in [6.07, 6.45) is 0.119. The zero-order chi connectivity index (χ0) is 32.0. The predicted molar refractivity (Wildman–Crippen MR) is 164 cm³/mol. The van der Waals surface area contributed by atoms with Crippen molar-refractivity contribution in [2.45, 2.75) is 29.4 Å². The summed E-state index contributed by atoms with van der Waals surface area (Å²) in [5.41, 5.74) is 0.197. The second kappa shape index (κ2) is 14.0. The number of carbonyl (C=O) groups is 3. The Hall–Kier alpha value is -4.36. The van der Waals surface area contributed by atoms with E-state index in [1.54, 1.807) is 48.5 Å². The van der Waals surface area contributed by atoms with Crippen molar-refractivity contribution in [1.82, 2.24) is 4.57 Å². The molecular weight excluding hydrogens is 615 g/mol. The molecule has 2 amide bonds. The van der Waals surface area contributed by atoms with Crippen LogP contribution in [0.1, 0.15) is 21.5 Å². The van der Waals surface area contributed by atoms with Crippen molar-refractivity contribution in [1.29, 1.82) is 0 Å². The van der Waals surface area contributed by atoms with Crippen molar-refractivity contribution in [3.63, 3.8) is 0 Å². The Labute approximate surface area is 258 Å². The van der Waals surface area contributed by atoms with E-state index in [-0.39, 0.29) is 35.5 Å². The van der Waals surface area contributed by atoms with Crippen LogP contribution in [-0.2, 0) is 37.8 Å². The smallest absolute Gasteiger partial charge is 0.417 e. The molecule has 0 aliphatic carbocycles. The number of esters is 1. The summed E-state index contributed by atoms with van der Waals surface area (Å²) in [6.45, 7) is 1.02. The number of anilines is 2. The minimum atomic E-state index is -4.68. The lowest BCUT2D eigenvalue weighted by Crippen LogP contribution is -2.26. The van der Waals surface area contributed by atoms with Gasteiger partial charge in [0, 0.05) is 50.0 Å². The van der Waals surface area contributed by atoms with Crippen LogP contribution in [0.3, 0.4) is 0 Å². The Kier molecular flexibility index (Phi) is 10.3. The third kappa shape index (κ3) is 7.77. The lowest BCUT2D eigenvalue weighted by Gasteiger charge is -2.16. The SMILES string of the molecule is CSc1ccc(NC(=O)C(=O)OCCn2cc(C(=O)Nc3ccc(S(C)=O)cc3)c(C)c2-c2ccccc2C(F)(F)F)cc1. The fraction of sp³-hybridized carbons (Fsp3) is 0.194. The molecule has 1 atom stereocenters. The Morgan fingerprint density at radius 2 is 1.55 bits per heavy atom. The molecule has 8 nitrogen and oxygen atoms in total. The van der Waals surface area contributed by atoms with Crippen LogP contribution in [0.2, 0.25) is 0 Å². The number of nitrogens with zero attached hydrogens (tertiary/aromatic N) is 1. The third-order valence-electron chi connectivity index (χ3n) is 6.61. The fourth-order valence-electron chi connectivity index (χ4n) is 4.45. The molecule has 13 heteroatoms. The number of benzene rings is 3. The van der Waals surface area contributed by atoms with Gasteiger partial charge in [0.15, 0.2) is 0 Å². The molecule has 0 radical (unpaired) electrons. The Bertz CT molecular complexity index is 1700. The van der Waals surface area contributed by atoms with E-state index in [1.165, 1.54) is 53.9 Å². The lowest BCUT2D eigenvalue weighted by atomic mass is 10.00. The molecule has 0 bridgehead atoms. The van der Waals surface area contributed by atoms with E-state index < -0.39 is 40.3 Å². The van der Waals surface area contributed by atoms with Gasteiger partial charge in [-0.2, -0.15) is 13.2 Å². The standard InChI is InChI=1S/C31H28F3N3O5S2/c1-19-25(28(38)35-21-10-14-23(15-11-21)44(3)41)18-37(27(19)24-6-4-5-7-26(24)31(32,33)34)16-17-42-30(40)29(39)36-20-8-12-22(43-2)13-9-20/h4-15,18H,16-17H2,1-3H3,(H,35,38)(H,36,39). The molecular formula is C31H28F3N3O5S2. The number of hydrogen-bond donors (Lipinski definition) is 2. The molecule has 0 saturated carbocycles. The maximum atomic E-state index is 14.0. The van der Waals surface area contributed by atoms with Crippen molar-refractivity contribution < 1.29 is 36.5 Å². The van der Waals surface area contributed by atoms with Gasteiger partial charge in [0.05, 0.1) is 23.4 Å². The molecule has 2 N–H and O–H groups in total. The highest BCUT2D eigenvalue weighted by molar-refractivity contribution is 7.98. The van der Waals surface area contributed by atoms with Gasteiger partial charge in [-0.3, -0.25) is 13.8 Å². The minimum Gasteiger partial charge on any atom is -0.457 e. The van der Waals surface area contributed by atoms with E-state index in [4.69, 9.17) is 4.74 Å². The zero-order valence-electron chi connectivity index (χ0n) is 23.9. The summed E-state index contributed by atoms with van der Waals surface area (Å²) in [7, 11) is -1.21. The number of nitrogens with one attached hydrogen (secondary N) is 2. The molecule has 44 heavy (non-hydrogen) atoms. The average molecular weight is 644 g/mol. The summed E-state index contributed by atoms with van der Waals surface area (Å²) >= 11 is 1.52. The van der Waals surface area contributed by atoms with Crippen LogP contribution >= 0.6 is 11.8 Å². The van der Waals surface area contributed by atoms with Gasteiger partial charge in [-0.1, -0.05) is 18.2 Å². The minimum absolute atomic E-state index is 0.0953. The highest BCUT2D eigenvalue weighted by Crippen LogP contribution is 2.39. The van der Waals surface area contributed by atoms with Crippen molar-refractivity contribution in [3.8, 4) is 11.3 Å². The van der Waals surface area contributed by atoms with Gasteiger partial charge in [0.25, 0.3) is 5.91 Å². The van der Waals surface area contributed by atoms with Crippen LogP contribution in [-0.4, -0.2) is 45.7 Å². The van der Waals surface area contributed by atoms with Crippen molar-refractivity contribution >= 4 is 51.7 Å². The van der Waals surface area contributed by atoms with Gasteiger partial charge in [0.1, 0.15) is 6.61 Å². The summed E-state index contributed by atoms with van der Waals surface area (Å²) in [4.78, 5) is 39.5. The summed E-state index contributed by atoms with van der Waals surface area (Å²) in [5, 5.41) is 5.15. The molecule has 0 aliphatic heterocycles. The normalized spacial score (nSPS) is 12.0. The monoisotopic (exact) mass is 643 g/mol. The van der Waals surface area contributed by atoms with E-state index in [0.717, 1.165) is 11.0 Å². The molecule has 0 saturated heterocycles. The maximum Gasteiger partial charge on any atom is 0.417 e. The molecule has 1 unspecified atom stereocenters. The van der Waals surface area contributed by atoms with Gasteiger partial charge in [-0.15, -0.1) is 11.8 Å². The van der Waals surface area contributed by atoms with Gasteiger partial charge in [-0.05, 0) is 73.3 Å². The topological polar surface area (TPSA) is 106 Å². The third-order valence-corrected chi connectivity index (χ3v) is 8.29. The van der Waals surface area contributed by atoms with Crippen molar-refractivity contribution in [2.75, 3.05) is 29.8 Å². The quantitative estimate of drug-likeness (QED) is 0.125. The number of alkyl halides is 3. The van der Waals surface area contributed by atoms with Crippen LogP contribution in [0, 0.1) is 6.92 Å². The first-order valence-corrected chi connectivity index (χ1v) is 15.9. The number of amides is 2. The molecule has 4 rings (SSSR count). The fourth-order valence-corrected chi connectivity index (χ4v) is 5.37. The molecule has 3 aromatic carbocycles. The van der Waals surface area contributed by atoms with Crippen LogP contribution < -0.4 is 10.6 Å². The average Bonchev–Trinajstić information content (AvgIpc) is 3.32. The van der Waals surface area contributed by atoms with Crippen LogP contribution in [0.15, 0.2) is 88.8 Å². The lowest BCUT2D eigenvalue weighted by molar-refractivity contribution is -0.152. The second-order valence-electron chi connectivity index (χ2n) is 9.50. The first-order valence-electron chi connectivity index (χ1n) is 13.1.